The van der Waals surface area contributed by atoms with Gasteiger partial charge in [-0.3, -0.25) is 10.1 Å². The van der Waals surface area contributed by atoms with E-state index in [1.165, 1.54) is 31.4 Å². The van der Waals surface area contributed by atoms with E-state index < -0.39 is 24.2 Å². The van der Waals surface area contributed by atoms with Crippen molar-refractivity contribution in [2.45, 2.75) is 45.6 Å². The van der Waals surface area contributed by atoms with Crippen molar-refractivity contribution in [1.82, 2.24) is 10.6 Å². The molecule has 2 aliphatic rings. The Morgan fingerprint density at radius 2 is 2.07 bits per heavy atom. The number of hydrogen-bond acceptors (Lipinski definition) is 5. The van der Waals surface area contributed by atoms with Crippen molar-refractivity contribution in [3.05, 3.63) is 39.2 Å². The van der Waals surface area contributed by atoms with Crippen molar-refractivity contribution in [2.24, 2.45) is 17.8 Å². The van der Waals surface area contributed by atoms with Gasteiger partial charge in [-0.1, -0.05) is 18.0 Å². The summed E-state index contributed by atoms with van der Waals surface area (Å²) in [5.74, 6) is 1.57. The van der Waals surface area contributed by atoms with Gasteiger partial charge in [0.15, 0.2) is 6.61 Å². The van der Waals surface area contributed by atoms with Crippen LogP contribution in [-0.2, 0) is 4.79 Å². The smallest absolute Gasteiger partial charge is 0.336 e. The van der Waals surface area contributed by atoms with Crippen LogP contribution in [0.1, 0.15) is 38.2 Å². The van der Waals surface area contributed by atoms with Crippen molar-refractivity contribution in [3.8, 4) is 5.75 Å². The van der Waals surface area contributed by atoms with Crippen LogP contribution in [0.15, 0.2) is 27.4 Å². The van der Waals surface area contributed by atoms with Gasteiger partial charge in [-0.05, 0) is 62.5 Å². The van der Waals surface area contributed by atoms with E-state index in [9.17, 15) is 14.4 Å². The largest absolute Gasteiger partial charge is 0.482 e. The normalized spacial score (nSPS) is 23.4. The molecule has 0 radical (unpaired) electrons. The van der Waals surface area contributed by atoms with Crippen molar-refractivity contribution in [2.75, 3.05) is 6.61 Å². The van der Waals surface area contributed by atoms with Crippen LogP contribution in [0.3, 0.4) is 0 Å². The minimum Gasteiger partial charge on any atom is -0.482 e. The van der Waals surface area contributed by atoms with Gasteiger partial charge in [0, 0.05) is 23.6 Å². The molecule has 2 N–H and O–H groups in total. The average Bonchev–Trinajstić information content (AvgIpc) is 3.30. The van der Waals surface area contributed by atoms with Crippen molar-refractivity contribution in [3.63, 3.8) is 0 Å². The number of imide groups is 1. The zero-order valence-electron chi connectivity index (χ0n) is 17.0. The standard InChI is InChI=1S/C22H25ClN2O5/c1-11-5-21(27)30-18-9-19(17(23)8-15(11)18)29-10-20(26)25-22(28)24-12(2)16-7-13-3-4-14(16)6-13/h5,8-9,12-14,16H,3-4,6-7,10H2,1-2H3,(H2,24,25,26,28). The molecule has 2 bridgehead atoms. The lowest BCUT2D eigenvalue weighted by atomic mass is 9.84. The van der Waals surface area contributed by atoms with E-state index in [0.717, 1.165) is 17.9 Å². The first-order valence-electron chi connectivity index (χ1n) is 10.3. The third-order valence-electron chi connectivity index (χ3n) is 6.41. The van der Waals surface area contributed by atoms with Gasteiger partial charge < -0.3 is 14.5 Å². The van der Waals surface area contributed by atoms with E-state index in [2.05, 4.69) is 10.6 Å². The molecule has 1 aromatic heterocycles. The van der Waals surface area contributed by atoms with E-state index in [0.29, 0.717) is 22.8 Å². The highest BCUT2D eigenvalue weighted by atomic mass is 35.5. The second-order valence-corrected chi connectivity index (χ2v) is 8.87. The summed E-state index contributed by atoms with van der Waals surface area (Å²) in [6.45, 7) is 3.38. The van der Waals surface area contributed by atoms with Gasteiger partial charge in [-0.2, -0.15) is 0 Å². The monoisotopic (exact) mass is 432 g/mol. The maximum atomic E-state index is 12.2. The van der Waals surface area contributed by atoms with Crippen LogP contribution in [-0.4, -0.2) is 24.6 Å². The number of benzene rings is 1. The van der Waals surface area contributed by atoms with Crippen molar-refractivity contribution >= 4 is 34.5 Å². The number of fused-ring (bicyclic) bond motifs is 3. The minimum atomic E-state index is -0.588. The van der Waals surface area contributed by atoms with Crippen molar-refractivity contribution < 1.29 is 18.7 Å². The van der Waals surface area contributed by atoms with Gasteiger partial charge in [-0.25, -0.2) is 9.59 Å². The molecule has 0 saturated heterocycles. The first-order chi connectivity index (χ1) is 14.3. The van der Waals surface area contributed by atoms with Crippen LogP contribution < -0.4 is 21.0 Å². The number of hydrogen-bond donors (Lipinski definition) is 2. The number of aryl methyl sites for hydroxylation is 1. The van der Waals surface area contributed by atoms with Gasteiger partial charge in [-0.15, -0.1) is 0 Å². The molecule has 160 valence electrons. The molecular weight excluding hydrogens is 408 g/mol. The summed E-state index contributed by atoms with van der Waals surface area (Å²) in [6, 6.07) is 3.96. The number of nitrogens with one attached hydrogen (secondary N) is 2. The van der Waals surface area contributed by atoms with Crippen LogP contribution in [0.4, 0.5) is 4.79 Å². The van der Waals surface area contributed by atoms with Crippen LogP contribution in [0.5, 0.6) is 5.75 Å². The van der Waals surface area contributed by atoms with Gasteiger partial charge in [0.2, 0.25) is 0 Å². The SMILES string of the molecule is Cc1cc(=O)oc2cc(OCC(=O)NC(=O)NC(C)C3CC4CCC3C4)c(Cl)cc12. The molecule has 2 aliphatic carbocycles. The number of carbonyl (C=O) groups is 2. The molecule has 0 aliphatic heterocycles. The molecule has 4 rings (SSSR count). The molecular formula is C22H25ClN2O5. The molecule has 4 unspecified atom stereocenters. The highest BCUT2D eigenvalue weighted by Crippen LogP contribution is 2.49. The first kappa shape index (κ1) is 20.7. The highest BCUT2D eigenvalue weighted by Gasteiger charge is 2.42. The zero-order valence-corrected chi connectivity index (χ0v) is 17.8. The van der Waals surface area contributed by atoms with E-state index in [1.54, 1.807) is 13.0 Å². The molecule has 4 atom stereocenters. The van der Waals surface area contributed by atoms with Crippen LogP contribution >= 0.6 is 11.6 Å². The van der Waals surface area contributed by atoms with E-state index >= 15 is 0 Å². The zero-order chi connectivity index (χ0) is 21.4. The Balaban J connectivity index is 1.31. The Labute approximate surface area is 179 Å². The Kier molecular flexibility index (Phi) is 5.73. The maximum absolute atomic E-state index is 12.2. The van der Waals surface area contributed by atoms with Gasteiger partial charge in [0.25, 0.3) is 5.91 Å². The number of ether oxygens (including phenoxy) is 1. The number of carbonyl (C=O) groups excluding carboxylic acids is 2. The van der Waals surface area contributed by atoms with E-state index in [-0.39, 0.29) is 16.8 Å². The van der Waals surface area contributed by atoms with E-state index in [1.807, 2.05) is 6.92 Å². The van der Waals surface area contributed by atoms with Crippen LogP contribution in [0.25, 0.3) is 11.0 Å². The maximum Gasteiger partial charge on any atom is 0.336 e. The summed E-state index contributed by atoms with van der Waals surface area (Å²) >= 11 is 6.22. The second-order valence-electron chi connectivity index (χ2n) is 8.46. The molecule has 8 heteroatoms. The summed E-state index contributed by atoms with van der Waals surface area (Å²) in [4.78, 5) is 35.9. The summed E-state index contributed by atoms with van der Waals surface area (Å²) in [5.41, 5.74) is 0.568. The molecule has 30 heavy (non-hydrogen) atoms. The summed E-state index contributed by atoms with van der Waals surface area (Å²) in [5, 5.41) is 6.14. The lowest BCUT2D eigenvalue weighted by Crippen LogP contribution is -2.48. The van der Waals surface area contributed by atoms with Gasteiger partial charge in [0.1, 0.15) is 11.3 Å². The lowest BCUT2D eigenvalue weighted by molar-refractivity contribution is -0.122. The molecule has 0 spiro atoms. The Morgan fingerprint density at radius 3 is 2.77 bits per heavy atom. The van der Waals surface area contributed by atoms with E-state index in [4.69, 9.17) is 20.8 Å². The van der Waals surface area contributed by atoms with Crippen LogP contribution in [0, 0.1) is 24.7 Å². The predicted octanol–water partition coefficient (Wildman–Crippen LogP) is 3.78. The Bertz CT molecular complexity index is 1050. The van der Waals surface area contributed by atoms with Crippen molar-refractivity contribution in [1.29, 1.82) is 0 Å². The molecule has 1 aromatic carbocycles. The number of halogens is 1. The molecule has 2 fully saturated rings. The average molecular weight is 433 g/mol. The molecule has 2 saturated carbocycles. The van der Waals surface area contributed by atoms with Gasteiger partial charge >= 0.3 is 11.7 Å². The fourth-order valence-corrected chi connectivity index (χ4v) is 5.21. The molecule has 3 amide bonds. The summed E-state index contributed by atoms with van der Waals surface area (Å²) in [7, 11) is 0. The highest BCUT2D eigenvalue weighted by molar-refractivity contribution is 6.32. The summed E-state index contributed by atoms with van der Waals surface area (Å²) < 4.78 is 10.6. The molecule has 1 heterocycles. The fraction of sp³-hybridized carbons (Fsp3) is 0.500. The number of urea groups is 1. The molecule has 7 nitrogen and oxygen atoms in total. The lowest BCUT2D eigenvalue weighted by Gasteiger charge is -2.28. The molecule has 2 aromatic rings. The van der Waals surface area contributed by atoms with Crippen LogP contribution in [0.2, 0.25) is 5.02 Å². The Hall–Kier alpha value is -2.54. The first-order valence-corrected chi connectivity index (χ1v) is 10.6. The Morgan fingerprint density at radius 1 is 1.27 bits per heavy atom. The number of rotatable bonds is 5. The minimum absolute atomic E-state index is 0.0232. The number of amides is 3. The third-order valence-corrected chi connectivity index (χ3v) is 6.70. The second kappa shape index (κ2) is 8.30. The quantitative estimate of drug-likeness (QED) is 0.700. The third kappa shape index (κ3) is 4.31. The fourth-order valence-electron chi connectivity index (χ4n) is 4.99. The van der Waals surface area contributed by atoms with Gasteiger partial charge in [0.05, 0.1) is 5.02 Å². The predicted molar refractivity (Wildman–Crippen MR) is 113 cm³/mol. The topological polar surface area (TPSA) is 97.6 Å². The summed E-state index contributed by atoms with van der Waals surface area (Å²) in [6.07, 6.45) is 4.95.